The molecule has 0 atom stereocenters. The molecule has 0 fully saturated rings. The van der Waals surface area contributed by atoms with Crippen molar-refractivity contribution >= 4 is 39.7 Å². The molecule has 0 unspecified atom stereocenters. The molecule has 132 valence electrons. The lowest BCUT2D eigenvalue weighted by atomic mass is 10.1. The Morgan fingerprint density at radius 2 is 1.81 bits per heavy atom. The summed E-state index contributed by atoms with van der Waals surface area (Å²) in [7, 11) is 0. The van der Waals surface area contributed by atoms with Crippen LogP contribution in [0.25, 0.3) is 10.8 Å². The lowest BCUT2D eigenvalue weighted by molar-refractivity contribution is 0.0977. The first-order valence-electron chi connectivity index (χ1n) is 8.14. The van der Waals surface area contributed by atoms with Crippen molar-refractivity contribution in [2.24, 2.45) is 0 Å². The topological polar surface area (TPSA) is 70.6 Å². The molecule has 26 heavy (non-hydrogen) atoms. The highest BCUT2D eigenvalue weighted by Gasteiger charge is 2.10. The molecule has 0 aliphatic carbocycles. The molecule has 3 aromatic carbocycles. The lowest BCUT2D eigenvalue weighted by Gasteiger charge is -2.13. The molecule has 0 aromatic heterocycles. The number of fused-ring (bicyclic) bond motifs is 1. The second-order valence-electron chi connectivity index (χ2n) is 5.55. The molecule has 0 spiro atoms. The zero-order valence-corrected chi connectivity index (χ0v) is 15.0. The van der Waals surface area contributed by atoms with Gasteiger partial charge in [-0.25, -0.2) is 0 Å². The molecule has 6 heteroatoms. The summed E-state index contributed by atoms with van der Waals surface area (Å²) in [5.41, 5.74) is 1.16. The summed E-state index contributed by atoms with van der Waals surface area (Å²) < 4.78 is 5.40. The number of hydrogen-bond acceptors (Lipinski definition) is 4. The molecule has 0 saturated carbocycles. The van der Waals surface area contributed by atoms with Gasteiger partial charge in [0, 0.05) is 22.0 Å². The molecule has 0 aliphatic rings. The minimum Gasteiger partial charge on any atom is -0.507 e. The van der Waals surface area contributed by atoms with Gasteiger partial charge in [-0.2, -0.15) is 0 Å². The highest BCUT2D eigenvalue weighted by atomic mass is 32.1. The standard InChI is InChI=1S/C20H18N2O3S/c1-2-25-14-7-3-6-13(12-14)19(24)22-20(26)21-17-10-4-9-16-15(17)8-5-11-18(16)23/h3-12,23H,2H2,1H3,(H2,21,22,24,26). The molecule has 0 heterocycles. The number of amides is 1. The summed E-state index contributed by atoms with van der Waals surface area (Å²) in [6.45, 7) is 2.41. The molecule has 5 nitrogen and oxygen atoms in total. The monoisotopic (exact) mass is 366 g/mol. The summed E-state index contributed by atoms with van der Waals surface area (Å²) in [6, 6.07) is 17.6. The maximum Gasteiger partial charge on any atom is 0.257 e. The Morgan fingerprint density at radius 3 is 2.62 bits per heavy atom. The van der Waals surface area contributed by atoms with Crippen LogP contribution in [-0.4, -0.2) is 22.7 Å². The molecule has 0 saturated heterocycles. The fourth-order valence-electron chi connectivity index (χ4n) is 2.63. The molecule has 1 amide bonds. The minimum absolute atomic E-state index is 0.174. The van der Waals surface area contributed by atoms with E-state index in [1.807, 2.05) is 25.1 Å². The minimum atomic E-state index is -0.327. The number of benzene rings is 3. The quantitative estimate of drug-likeness (QED) is 0.607. The van der Waals surface area contributed by atoms with Crippen LogP contribution < -0.4 is 15.4 Å². The third-order valence-electron chi connectivity index (χ3n) is 3.78. The number of nitrogens with one attached hydrogen (secondary N) is 2. The molecule has 3 N–H and O–H groups in total. The number of anilines is 1. The Labute approximate surface area is 156 Å². The van der Waals surface area contributed by atoms with Gasteiger partial charge in [0.15, 0.2) is 5.11 Å². The van der Waals surface area contributed by atoms with Crippen LogP contribution in [0.5, 0.6) is 11.5 Å². The van der Waals surface area contributed by atoms with Gasteiger partial charge in [0.1, 0.15) is 11.5 Å². The number of phenols is 1. The number of phenolic OH excluding ortho intramolecular Hbond substituents is 1. The number of carbonyl (C=O) groups is 1. The van der Waals surface area contributed by atoms with Crippen molar-refractivity contribution in [3.05, 3.63) is 66.2 Å². The lowest BCUT2D eigenvalue weighted by Crippen LogP contribution is -2.34. The van der Waals surface area contributed by atoms with Crippen molar-refractivity contribution in [2.45, 2.75) is 6.92 Å². The highest BCUT2D eigenvalue weighted by molar-refractivity contribution is 7.80. The summed E-state index contributed by atoms with van der Waals surface area (Å²) >= 11 is 5.26. The van der Waals surface area contributed by atoms with Crippen LogP contribution in [0.2, 0.25) is 0 Å². The Hall–Kier alpha value is -3.12. The first kappa shape index (κ1) is 17.7. The predicted molar refractivity (Wildman–Crippen MR) is 107 cm³/mol. The van der Waals surface area contributed by atoms with E-state index in [2.05, 4.69) is 10.6 Å². The Morgan fingerprint density at radius 1 is 1.08 bits per heavy atom. The van der Waals surface area contributed by atoms with Gasteiger partial charge in [0.05, 0.1) is 6.61 Å². The molecule has 3 aromatic rings. The van der Waals surface area contributed by atoms with E-state index < -0.39 is 0 Å². The van der Waals surface area contributed by atoms with E-state index in [9.17, 15) is 9.90 Å². The van der Waals surface area contributed by atoms with Crippen molar-refractivity contribution in [3.8, 4) is 11.5 Å². The van der Waals surface area contributed by atoms with Crippen LogP contribution in [0.15, 0.2) is 60.7 Å². The van der Waals surface area contributed by atoms with Gasteiger partial charge in [-0.15, -0.1) is 0 Å². The average Bonchev–Trinajstić information content (AvgIpc) is 2.63. The van der Waals surface area contributed by atoms with Gasteiger partial charge < -0.3 is 15.2 Å². The SMILES string of the molecule is CCOc1cccc(C(=O)NC(=S)Nc2cccc3c(O)cccc23)c1. The van der Waals surface area contributed by atoms with Gasteiger partial charge in [-0.05, 0) is 49.5 Å². The summed E-state index contributed by atoms with van der Waals surface area (Å²) in [4.78, 5) is 12.4. The Balaban J connectivity index is 1.74. The van der Waals surface area contributed by atoms with E-state index in [0.717, 1.165) is 5.39 Å². The molecular weight excluding hydrogens is 348 g/mol. The van der Waals surface area contributed by atoms with Crippen LogP contribution in [0.1, 0.15) is 17.3 Å². The van der Waals surface area contributed by atoms with E-state index in [4.69, 9.17) is 17.0 Å². The fourth-order valence-corrected chi connectivity index (χ4v) is 2.83. The van der Waals surface area contributed by atoms with Crippen molar-refractivity contribution in [1.29, 1.82) is 0 Å². The number of thiocarbonyl (C=S) groups is 1. The van der Waals surface area contributed by atoms with Crippen molar-refractivity contribution in [1.82, 2.24) is 5.32 Å². The number of carbonyl (C=O) groups excluding carboxylic acids is 1. The molecule has 3 rings (SSSR count). The first-order chi connectivity index (χ1) is 12.6. The largest absolute Gasteiger partial charge is 0.507 e. The van der Waals surface area contributed by atoms with Crippen LogP contribution >= 0.6 is 12.2 Å². The summed E-state index contributed by atoms with van der Waals surface area (Å²) in [6.07, 6.45) is 0. The normalized spacial score (nSPS) is 10.3. The smallest absolute Gasteiger partial charge is 0.257 e. The Bertz CT molecular complexity index is 972. The van der Waals surface area contributed by atoms with Crippen LogP contribution in [0.4, 0.5) is 5.69 Å². The number of ether oxygens (including phenoxy) is 1. The zero-order valence-electron chi connectivity index (χ0n) is 14.2. The molecule has 0 radical (unpaired) electrons. The van der Waals surface area contributed by atoms with Crippen molar-refractivity contribution in [2.75, 3.05) is 11.9 Å². The van der Waals surface area contributed by atoms with E-state index in [-0.39, 0.29) is 16.8 Å². The van der Waals surface area contributed by atoms with Gasteiger partial charge in [0.25, 0.3) is 5.91 Å². The highest BCUT2D eigenvalue weighted by Crippen LogP contribution is 2.29. The van der Waals surface area contributed by atoms with Crippen molar-refractivity contribution in [3.63, 3.8) is 0 Å². The third-order valence-corrected chi connectivity index (χ3v) is 3.99. The van der Waals surface area contributed by atoms with E-state index in [1.54, 1.807) is 42.5 Å². The van der Waals surface area contributed by atoms with Gasteiger partial charge in [-0.1, -0.05) is 30.3 Å². The third kappa shape index (κ3) is 3.92. The summed E-state index contributed by atoms with van der Waals surface area (Å²) in [5, 5.41) is 17.3. The second-order valence-corrected chi connectivity index (χ2v) is 5.96. The average molecular weight is 366 g/mol. The molecule has 0 aliphatic heterocycles. The Kier molecular flexibility index (Phi) is 5.34. The fraction of sp³-hybridized carbons (Fsp3) is 0.100. The van der Waals surface area contributed by atoms with Gasteiger partial charge in [-0.3, -0.25) is 10.1 Å². The van der Waals surface area contributed by atoms with Crippen LogP contribution in [0.3, 0.4) is 0 Å². The van der Waals surface area contributed by atoms with Gasteiger partial charge in [0.2, 0.25) is 0 Å². The van der Waals surface area contributed by atoms with E-state index in [1.165, 1.54) is 0 Å². The summed E-state index contributed by atoms with van der Waals surface area (Å²) in [5.74, 6) is 0.490. The van der Waals surface area contributed by atoms with Gasteiger partial charge >= 0.3 is 0 Å². The molecular formula is C20H18N2O3S. The maximum absolute atomic E-state index is 12.4. The van der Waals surface area contributed by atoms with E-state index in [0.29, 0.717) is 29.0 Å². The zero-order chi connectivity index (χ0) is 18.5. The second kappa shape index (κ2) is 7.84. The number of aromatic hydroxyl groups is 1. The molecule has 0 bridgehead atoms. The van der Waals surface area contributed by atoms with E-state index >= 15 is 0 Å². The van der Waals surface area contributed by atoms with Crippen molar-refractivity contribution < 1.29 is 14.6 Å². The number of rotatable bonds is 4. The maximum atomic E-state index is 12.4. The van der Waals surface area contributed by atoms with Crippen LogP contribution in [0, 0.1) is 0 Å². The predicted octanol–water partition coefficient (Wildman–Crippen LogP) is 4.07. The number of hydrogen-bond donors (Lipinski definition) is 3. The first-order valence-corrected chi connectivity index (χ1v) is 8.55. The van der Waals surface area contributed by atoms with Crippen LogP contribution in [-0.2, 0) is 0 Å².